The number of nitrogens with one attached hydrogen (secondary N) is 1. The number of rotatable bonds is 7. The summed E-state index contributed by atoms with van der Waals surface area (Å²) in [5, 5.41) is 2.20. The summed E-state index contributed by atoms with van der Waals surface area (Å²) >= 11 is 0. The van der Waals surface area contributed by atoms with Crippen molar-refractivity contribution < 1.29 is 23.9 Å². The fourth-order valence-corrected chi connectivity index (χ4v) is 4.54. The maximum atomic E-state index is 12.9. The molecule has 172 valence electrons. The van der Waals surface area contributed by atoms with Crippen LogP contribution in [0.2, 0.25) is 0 Å². The zero-order chi connectivity index (χ0) is 22.9. The third-order valence-electron chi connectivity index (χ3n) is 6.85. The van der Waals surface area contributed by atoms with Gasteiger partial charge in [0.2, 0.25) is 11.8 Å². The Morgan fingerprint density at radius 1 is 1.12 bits per heavy atom. The standard InChI is InChI=1S/C23H30N4O5/c1-23(14-24)7-10-26(11-8-23)9-2-12-32-15-3-4-16-17(13-15)22(31)27(21(16)30)18-5-6-19(28)25-20(18)29/h3-4,13,18H,2,5-12,14,24H2,1H3,(H,25,28,29). The van der Waals surface area contributed by atoms with Crippen LogP contribution < -0.4 is 15.8 Å². The molecular formula is C23H30N4O5. The van der Waals surface area contributed by atoms with Gasteiger partial charge >= 0.3 is 0 Å². The molecule has 32 heavy (non-hydrogen) atoms. The molecule has 3 aliphatic rings. The molecule has 3 heterocycles. The zero-order valence-corrected chi connectivity index (χ0v) is 18.4. The molecule has 0 bridgehead atoms. The number of hydrogen-bond acceptors (Lipinski definition) is 7. The molecule has 1 aromatic rings. The first-order valence-corrected chi connectivity index (χ1v) is 11.2. The molecule has 1 aromatic carbocycles. The van der Waals surface area contributed by atoms with Gasteiger partial charge in [-0.05, 0) is 68.9 Å². The monoisotopic (exact) mass is 442 g/mol. The highest BCUT2D eigenvalue weighted by Gasteiger charge is 2.44. The topological polar surface area (TPSA) is 122 Å². The van der Waals surface area contributed by atoms with E-state index in [2.05, 4.69) is 17.1 Å². The van der Waals surface area contributed by atoms with Gasteiger partial charge in [-0.25, -0.2) is 0 Å². The maximum Gasteiger partial charge on any atom is 0.262 e. The highest BCUT2D eigenvalue weighted by molar-refractivity contribution is 6.23. The van der Waals surface area contributed by atoms with Gasteiger partial charge in [0, 0.05) is 13.0 Å². The van der Waals surface area contributed by atoms with E-state index in [4.69, 9.17) is 10.5 Å². The largest absolute Gasteiger partial charge is 0.494 e. The number of nitrogens with zero attached hydrogens (tertiary/aromatic N) is 2. The molecule has 2 saturated heterocycles. The Labute approximate surface area is 187 Å². The van der Waals surface area contributed by atoms with Crippen molar-refractivity contribution in [3.05, 3.63) is 29.3 Å². The Hall–Kier alpha value is -2.78. The van der Waals surface area contributed by atoms with Crippen molar-refractivity contribution in [1.29, 1.82) is 0 Å². The van der Waals surface area contributed by atoms with E-state index in [1.807, 2.05) is 0 Å². The number of likely N-dealkylation sites (tertiary alicyclic amines) is 1. The number of amides is 4. The van der Waals surface area contributed by atoms with Crippen LogP contribution in [0.1, 0.15) is 59.7 Å². The van der Waals surface area contributed by atoms with Gasteiger partial charge in [0.05, 0.1) is 17.7 Å². The van der Waals surface area contributed by atoms with Gasteiger partial charge in [-0.2, -0.15) is 0 Å². The summed E-state index contributed by atoms with van der Waals surface area (Å²) < 4.78 is 5.83. The first-order chi connectivity index (χ1) is 15.3. The van der Waals surface area contributed by atoms with Crippen molar-refractivity contribution in [3.8, 4) is 5.75 Å². The minimum atomic E-state index is -0.963. The predicted octanol–water partition coefficient (Wildman–Crippen LogP) is 0.918. The molecule has 4 amide bonds. The molecule has 3 N–H and O–H groups in total. The zero-order valence-electron chi connectivity index (χ0n) is 18.4. The third-order valence-corrected chi connectivity index (χ3v) is 6.85. The maximum absolute atomic E-state index is 12.9. The van der Waals surface area contributed by atoms with E-state index in [1.165, 1.54) is 0 Å². The summed E-state index contributed by atoms with van der Waals surface area (Å²) in [5.41, 5.74) is 6.61. The first kappa shape index (κ1) is 22.4. The van der Waals surface area contributed by atoms with Crippen LogP contribution in [0.5, 0.6) is 5.75 Å². The minimum absolute atomic E-state index is 0.0979. The lowest BCUT2D eigenvalue weighted by Gasteiger charge is -2.38. The van der Waals surface area contributed by atoms with Crippen LogP contribution in [0.3, 0.4) is 0 Å². The second kappa shape index (κ2) is 8.99. The second-order valence-electron chi connectivity index (χ2n) is 9.21. The van der Waals surface area contributed by atoms with Gasteiger partial charge in [0.1, 0.15) is 11.8 Å². The summed E-state index contributed by atoms with van der Waals surface area (Å²) in [6.45, 7) is 6.49. The summed E-state index contributed by atoms with van der Waals surface area (Å²) in [4.78, 5) is 52.5. The van der Waals surface area contributed by atoms with Gasteiger partial charge in [-0.3, -0.25) is 29.4 Å². The molecule has 0 radical (unpaired) electrons. The average Bonchev–Trinajstić information content (AvgIpc) is 3.02. The Morgan fingerprint density at radius 2 is 1.84 bits per heavy atom. The van der Waals surface area contributed by atoms with Gasteiger partial charge in [0.25, 0.3) is 11.8 Å². The van der Waals surface area contributed by atoms with Crippen molar-refractivity contribution in [2.24, 2.45) is 11.1 Å². The van der Waals surface area contributed by atoms with Gasteiger partial charge in [0.15, 0.2) is 0 Å². The number of carbonyl (C=O) groups is 4. The average molecular weight is 443 g/mol. The van der Waals surface area contributed by atoms with Crippen LogP contribution in [0.25, 0.3) is 0 Å². The minimum Gasteiger partial charge on any atom is -0.494 e. The summed E-state index contributed by atoms with van der Waals surface area (Å²) in [6, 6.07) is 3.84. The normalized spacial score (nSPS) is 23.3. The molecule has 3 aliphatic heterocycles. The number of carbonyl (C=O) groups excluding carboxylic acids is 4. The van der Waals surface area contributed by atoms with Crippen LogP contribution in [-0.2, 0) is 9.59 Å². The highest BCUT2D eigenvalue weighted by Crippen LogP contribution is 2.31. The first-order valence-electron chi connectivity index (χ1n) is 11.2. The number of hydrogen-bond donors (Lipinski definition) is 2. The van der Waals surface area contributed by atoms with E-state index >= 15 is 0 Å². The summed E-state index contributed by atoms with van der Waals surface area (Å²) in [5.74, 6) is -1.53. The van der Waals surface area contributed by atoms with E-state index < -0.39 is 29.7 Å². The lowest BCUT2D eigenvalue weighted by molar-refractivity contribution is -0.136. The predicted molar refractivity (Wildman–Crippen MR) is 116 cm³/mol. The van der Waals surface area contributed by atoms with Crippen molar-refractivity contribution in [1.82, 2.24) is 15.1 Å². The molecule has 1 unspecified atom stereocenters. The number of nitrogens with two attached hydrogens (primary N) is 1. The Bertz CT molecular complexity index is 938. The van der Waals surface area contributed by atoms with E-state index in [9.17, 15) is 19.2 Å². The smallest absolute Gasteiger partial charge is 0.262 e. The molecule has 9 nitrogen and oxygen atoms in total. The number of piperidine rings is 2. The lowest BCUT2D eigenvalue weighted by Crippen LogP contribution is -2.54. The molecule has 0 aromatic heterocycles. The van der Waals surface area contributed by atoms with Crippen molar-refractivity contribution >= 4 is 23.6 Å². The van der Waals surface area contributed by atoms with Crippen molar-refractivity contribution in [2.45, 2.75) is 45.1 Å². The van der Waals surface area contributed by atoms with Crippen LogP contribution in [0.4, 0.5) is 0 Å². The Morgan fingerprint density at radius 3 is 2.53 bits per heavy atom. The second-order valence-corrected chi connectivity index (χ2v) is 9.21. The van der Waals surface area contributed by atoms with Crippen LogP contribution in [0.15, 0.2) is 18.2 Å². The SMILES string of the molecule is CC1(CN)CCN(CCCOc2ccc3c(c2)C(=O)N(C2CCC(=O)NC2=O)C3=O)CC1. The quantitative estimate of drug-likeness (QED) is 0.476. The Balaban J connectivity index is 1.31. The van der Waals surface area contributed by atoms with E-state index in [0.717, 1.165) is 50.3 Å². The van der Waals surface area contributed by atoms with Crippen LogP contribution in [0, 0.1) is 5.41 Å². The van der Waals surface area contributed by atoms with Gasteiger partial charge in [-0.1, -0.05) is 6.92 Å². The number of fused-ring (bicyclic) bond motifs is 1. The number of benzene rings is 1. The highest BCUT2D eigenvalue weighted by atomic mass is 16.5. The fourth-order valence-electron chi connectivity index (χ4n) is 4.54. The summed E-state index contributed by atoms with van der Waals surface area (Å²) in [7, 11) is 0. The lowest BCUT2D eigenvalue weighted by atomic mass is 9.80. The summed E-state index contributed by atoms with van der Waals surface area (Å²) in [6.07, 6.45) is 3.30. The molecular weight excluding hydrogens is 412 g/mol. The van der Waals surface area contributed by atoms with Crippen molar-refractivity contribution in [3.63, 3.8) is 0 Å². The molecule has 2 fully saturated rings. The van der Waals surface area contributed by atoms with Crippen molar-refractivity contribution in [2.75, 3.05) is 32.8 Å². The third kappa shape index (κ3) is 4.40. The van der Waals surface area contributed by atoms with Gasteiger partial charge in [-0.15, -0.1) is 0 Å². The molecule has 4 rings (SSSR count). The molecule has 0 aliphatic carbocycles. The molecule has 0 saturated carbocycles. The van der Waals surface area contributed by atoms with Crippen LogP contribution in [-0.4, -0.2) is 72.3 Å². The molecule has 1 atom stereocenters. The number of imide groups is 2. The van der Waals surface area contributed by atoms with E-state index in [1.54, 1.807) is 18.2 Å². The fraction of sp³-hybridized carbons (Fsp3) is 0.565. The van der Waals surface area contributed by atoms with E-state index in [0.29, 0.717) is 12.4 Å². The number of ether oxygens (including phenoxy) is 1. The molecule has 0 spiro atoms. The van der Waals surface area contributed by atoms with Gasteiger partial charge < -0.3 is 15.4 Å². The van der Waals surface area contributed by atoms with E-state index in [-0.39, 0.29) is 29.4 Å². The van der Waals surface area contributed by atoms with Crippen LogP contribution >= 0.6 is 0 Å². The molecule has 9 heteroatoms. The Kier molecular flexibility index (Phi) is 6.30.